The maximum atomic E-state index is 11.3. The molecule has 1 atom stereocenters. The lowest BCUT2D eigenvalue weighted by Gasteiger charge is -2.05. The van der Waals surface area contributed by atoms with Crippen LogP contribution in [-0.4, -0.2) is 34.6 Å². The summed E-state index contributed by atoms with van der Waals surface area (Å²) in [5.74, 6) is -1.14. The molecule has 17 heavy (non-hydrogen) atoms. The molecule has 0 saturated heterocycles. The molecule has 0 saturated carbocycles. The largest absolute Gasteiger partial charge is 0.476 e. The van der Waals surface area contributed by atoms with Gasteiger partial charge in [-0.2, -0.15) is 0 Å². The van der Waals surface area contributed by atoms with Crippen molar-refractivity contribution in [3.05, 3.63) is 16.1 Å². The minimum Gasteiger partial charge on any atom is -0.476 e. The molecule has 6 nitrogen and oxygen atoms in total. The maximum Gasteiger partial charge on any atom is 0.355 e. The summed E-state index contributed by atoms with van der Waals surface area (Å²) in [6, 6.07) is -0.159. The zero-order valence-corrected chi connectivity index (χ0v) is 10.3. The van der Waals surface area contributed by atoms with Crippen molar-refractivity contribution in [3.8, 4) is 0 Å². The number of hydrogen-bond acceptors (Lipinski definition) is 5. The van der Waals surface area contributed by atoms with Crippen LogP contribution in [0.1, 0.15) is 28.8 Å². The van der Waals surface area contributed by atoms with E-state index in [2.05, 4.69) is 10.3 Å². The first-order chi connectivity index (χ1) is 7.99. The Hall–Kier alpha value is -1.47. The minimum absolute atomic E-state index is 0.0481. The number of nitrogens with one attached hydrogen (secondary N) is 1. The Morgan fingerprint density at radius 1 is 1.65 bits per heavy atom. The van der Waals surface area contributed by atoms with Gasteiger partial charge in [0.05, 0.1) is 5.01 Å². The van der Waals surface area contributed by atoms with Crippen LogP contribution in [0.3, 0.4) is 0 Å². The van der Waals surface area contributed by atoms with Gasteiger partial charge in [-0.15, -0.1) is 11.3 Å². The molecular weight excluding hydrogens is 242 g/mol. The third-order valence-corrected chi connectivity index (χ3v) is 2.85. The van der Waals surface area contributed by atoms with Crippen LogP contribution in [0.2, 0.25) is 0 Å². The zero-order valence-electron chi connectivity index (χ0n) is 9.47. The van der Waals surface area contributed by atoms with E-state index in [0.717, 1.165) is 0 Å². The smallest absolute Gasteiger partial charge is 0.355 e. The van der Waals surface area contributed by atoms with Gasteiger partial charge in [0.1, 0.15) is 0 Å². The molecular formula is C10H15N3O3S. The van der Waals surface area contributed by atoms with Crippen LogP contribution in [0.15, 0.2) is 5.38 Å². The lowest BCUT2D eigenvalue weighted by atomic mass is 10.2. The highest BCUT2D eigenvalue weighted by Crippen LogP contribution is 2.09. The van der Waals surface area contributed by atoms with Crippen molar-refractivity contribution in [1.82, 2.24) is 10.3 Å². The Labute approximate surface area is 103 Å². The van der Waals surface area contributed by atoms with E-state index >= 15 is 0 Å². The van der Waals surface area contributed by atoms with Gasteiger partial charge in [-0.05, 0) is 6.92 Å². The van der Waals surface area contributed by atoms with E-state index in [4.69, 9.17) is 10.8 Å². The number of aromatic carboxylic acids is 1. The Bertz CT molecular complexity index is 403. The number of nitrogens with zero attached hydrogens (tertiary/aromatic N) is 1. The van der Waals surface area contributed by atoms with Crippen LogP contribution in [-0.2, 0) is 11.2 Å². The van der Waals surface area contributed by atoms with Gasteiger partial charge >= 0.3 is 5.97 Å². The molecule has 0 bridgehead atoms. The molecule has 7 heteroatoms. The number of carbonyl (C=O) groups excluding carboxylic acids is 1. The van der Waals surface area contributed by atoms with E-state index in [1.54, 1.807) is 6.92 Å². The molecule has 1 rings (SSSR count). The zero-order chi connectivity index (χ0) is 12.8. The van der Waals surface area contributed by atoms with E-state index in [1.807, 2.05) is 0 Å². The molecule has 0 fully saturated rings. The summed E-state index contributed by atoms with van der Waals surface area (Å²) in [5.41, 5.74) is 5.52. The average Bonchev–Trinajstić information content (AvgIpc) is 2.65. The first kappa shape index (κ1) is 13.6. The predicted octanol–water partition coefficient (Wildman–Crippen LogP) is 0.237. The topological polar surface area (TPSA) is 105 Å². The second-order valence-electron chi connectivity index (χ2n) is 3.71. The van der Waals surface area contributed by atoms with Crippen LogP contribution in [0.25, 0.3) is 0 Å². The Morgan fingerprint density at radius 2 is 2.35 bits per heavy atom. The molecule has 0 aliphatic rings. The van der Waals surface area contributed by atoms with Gasteiger partial charge in [0.25, 0.3) is 0 Å². The lowest BCUT2D eigenvalue weighted by molar-refractivity contribution is -0.121. The molecule has 4 N–H and O–H groups in total. The van der Waals surface area contributed by atoms with E-state index < -0.39 is 5.97 Å². The highest BCUT2D eigenvalue weighted by Gasteiger charge is 2.09. The molecule has 0 spiro atoms. The number of hydrogen-bond donors (Lipinski definition) is 3. The van der Waals surface area contributed by atoms with Crippen LogP contribution in [0.4, 0.5) is 0 Å². The number of nitrogens with two attached hydrogens (primary N) is 1. The van der Waals surface area contributed by atoms with Crippen molar-refractivity contribution in [1.29, 1.82) is 0 Å². The molecule has 1 amide bonds. The third-order valence-electron chi connectivity index (χ3n) is 1.94. The van der Waals surface area contributed by atoms with Gasteiger partial charge in [0, 0.05) is 30.8 Å². The maximum absolute atomic E-state index is 11.3. The normalized spacial score (nSPS) is 12.1. The number of amides is 1. The monoisotopic (exact) mass is 257 g/mol. The van der Waals surface area contributed by atoms with Crippen molar-refractivity contribution >= 4 is 23.2 Å². The third kappa shape index (κ3) is 4.92. The van der Waals surface area contributed by atoms with E-state index in [0.29, 0.717) is 18.0 Å². The number of aromatic nitrogens is 1. The summed E-state index contributed by atoms with van der Waals surface area (Å²) in [4.78, 5) is 25.7. The van der Waals surface area contributed by atoms with Crippen LogP contribution in [0, 0.1) is 0 Å². The molecule has 0 aliphatic heterocycles. The number of carboxylic acid groups (broad SMARTS) is 1. The molecule has 1 aromatic heterocycles. The predicted molar refractivity (Wildman–Crippen MR) is 64.1 cm³/mol. The van der Waals surface area contributed by atoms with Crippen molar-refractivity contribution in [2.24, 2.45) is 5.73 Å². The summed E-state index contributed by atoms with van der Waals surface area (Å²) in [5, 5.41) is 13.6. The summed E-state index contributed by atoms with van der Waals surface area (Å²) < 4.78 is 0. The highest BCUT2D eigenvalue weighted by atomic mass is 32.1. The second kappa shape index (κ2) is 6.31. The van der Waals surface area contributed by atoms with Gasteiger partial charge in [0.2, 0.25) is 5.91 Å². The number of rotatable bonds is 6. The first-order valence-corrected chi connectivity index (χ1v) is 6.07. The van der Waals surface area contributed by atoms with Crippen LogP contribution >= 0.6 is 11.3 Å². The van der Waals surface area contributed by atoms with E-state index in [9.17, 15) is 9.59 Å². The highest BCUT2D eigenvalue weighted by molar-refractivity contribution is 7.09. The number of carboxylic acids is 1. The van der Waals surface area contributed by atoms with Crippen molar-refractivity contribution < 1.29 is 14.7 Å². The van der Waals surface area contributed by atoms with Crippen LogP contribution < -0.4 is 11.1 Å². The van der Waals surface area contributed by atoms with Gasteiger partial charge < -0.3 is 16.2 Å². The van der Waals surface area contributed by atoms with Crippen molar-refractivity contribution in [3.63, 3.8) is 0 Å². The SMILES string of the molecule is CC(N)CC(=O)NCCc1nc(C(=O)O)cs1. The fourth-order valence-corrected chi connectivity index (χ4v) is 1.97. The Balaban J connectivity index is 2.31. The quantitative estimate of drug-likeness (QED) is 0.677. The first-order valence-electron chi connectivity index (χ1n) is 5.19. The van der Waals surface area contributed by atoms with E-state index in [-0.39, 0.29) is 24.1 Å². The second-order valence-corrected chi connectivity index (χ2v) is 4.66. The standard InChI is InChI=1S/C10H15N3O3S/c1-6(11)4-8(14)12-3-2-9-13-7(5-17-9)10(15)16/h5-6H,2-4,11H2,1H3,(H,12,14)(H,15,16). The molecule has 0 aliphatic carbocycles. The van der Waals surface area contributed by atoms with Gasteiger partial charge in [-0.25, -0.2) is 9.78 Å². The van der Waals surface area contributed by atoms with Gasteiger partial charge in [-0.1, -0.05) is 0 Å². The molecule has 1 heterocycles. The molecule has 1 aromatic rings. The van der Waals surface area contributed by atoms with Crippen molar-refractivity contribution in [2.45, 2.75) is 25.8 Å². The van der Waals surface area contributed by atoms with Gasteiger partial charge in [0.15, 0.2) is 5.69 Å². The molecule has 0 radical (unpaired) electrons. The molecule has 94 valence electrons. The van der Waals surface area contributed by atoms with Crippen LogP contribution in [0.5, 0.6) is 0 Å². The number of thiazole rings is 1. The molecule has 0 aromatic carbocycles. The average molecular weight is 257 g/mol. The number of carbonyl (C=O) groups is 2. The molecule has 1 unspecified atom stereocenters. The Morgan fingerprint density at radius 3 is 2.88 bits per heavy atom. The summed E-state index contributed by atoms with van der Waals surface area (Å²) in [7, 11) is 0. The summed E-state index contributed by atoms with van der Waals surface area (Å²) in [6.07, 6.45) is 0.820. The Kier molecular flexibility index (Phi) is 5.05. The summed E-state index contributed by atoms with van der Waals surface area (Å²) in [6.45, 7) is 2.21. The van der Waals surface area contributed by atoms with Gasteiger partial charge in [-0.3, -0.25) is 4.79 Å². The lowest BCUT2D eigenvalue weighted by Crippen LogP contribution is -2.31. The fraction of sp³-hybridized carbons (Fsp3) is 0.500. The van der Waals surface area contributed by atoms with E-state index in [1.165, 1.54) is 16.7 Å². The van der Waals surface area contributed by atoms with Crippen molar-refractivity contribution in [2.75, 3.05) is 6.54 Å². The fourth-order valence-electron chi connectivity index (χ4n) is 1.20. The minimum atomic E-state index is -1.03. The summed E-state index contributed by atoms with van der Waals surface area (Å²) >= 11 is 1.28.